The van der Waals surface area contributed by atoms with Gasteiger partial charge in [0.25, 0.3) is 5.91 Å². The minimum atomic E-state index is -4.54. The van der Waals surface area contributed by atoms with E-state index >= 15 is 0 Å². The number of nitrogens with one attached hydrogen (secondary N) is 1. The molecule has 0 aliphatic rings. The minimum absolute atomic E-state index is 0.0860. The van der Waals surface area contributed by atoms with Gasteiger partial charge in [-0.2, -0.15) is 13.2 Å². The van der Waals surface area contributed by atoms with Gasteiger partial charge in [-0.25, -0.2) is 0 Å². The summed E-state index contributed by atoms with van der Waals surface area (Å²) in [7, 11) is 1.46. The summed E-state index contributed by atoms with van der Waals surface area (Å²) < 4.78 is 53.2. The molecule has 0 bridgehead atoms. The van der Waals surface area contributed by atoms with Crippen LogP contribution in [0, 0.1) is 0 Å². The number of nitrogens with zero attached hydrogens (tertiary/aromatic N) is 1. The SMILES string of the molecule is COCCOc1ccc(C(F)(F)F)cc1NC(=O)c1ccno1. The molecule has 0 aliphatic carbocycles. The lowest BCUT2D eigenvalue weighted by Crippen LogP contribution is -2.15. The first-order chi connectivity index (χ1) is 10.9. The van der Waals surface area contributed by atoms with Gasteiger partial charge < -0.3 is 19.3 Å². The molecule has 23 heavy (non-hydrogen) atoms. The monoisotopic (exact) mass is 330 g/mol. The summed E-state index contributed by atoms with van der Waals surface area (Å²) in [5.41, 5.74) is -1.04. The number of benzene rings is 1. The molecule has 6 nitrogen and oxygen atoms in total. The number of aromatic nitrogens is 1. The van der Waals surface area contributed by atoms with Crippen molar-refractivity contribution in [2.24, 2.45) is 0 Å². The van der Waals surface area contributed by atoms with Crippen LogP contribution in [-0.4, -0.2) is 31.4 Å². The molecule has 2 rings (SSSR count). The fraction of sp³-hybridized carbons (Fsp3) is 0.286. The van der Waals surface area contributed by atoms with E-state index in [1.165, 1.54) is 19.4 Å². The summed E-state index contributed by atoms with van der Waals surface area (Å²) in [6.45, 7) is 0.365. The van der Waals surface area contributed by atoms with Crippen molar-refractivity contribution in [3.05, 3.63) is 41.8 Å². The third-order valence-corrected chi connectivity index (χ3v) is 2.76. The Morgan fingerprint density at radius 3 is 2.70 bits per heavy atom. The van der Waals surface area contributed by atoms with Crippen LogP contribution in [0.2, 0.25) is 0 Å². The number of hydrogen-bond acceptors (Lipinski definition) is 5. The van der Waals surface area contributed by atoms with Crippen molar-refractivity contribution in [3.63, 3.8) is 0 Å². The van der Waals surface area contributed by atoms with Crippen molar-refractivity contribution in [1.29, 1.82) is 0 Å². The van der Waals surface area contributed by atoms with Gasteiger partial charge in [0.2, 0.25) is 5.76 Å². The molecule has 0 saturated heterocycles. The number of alkyl halides is 3. The zero-order valence-corrected chi connectivity index (χ0v) is 12.0. The van der Waals surface area contributed by atoms with Crippen molar-refractivity contribution in [2.45, 2.75) is 6.18 Å². The summed E-state index contributed by atoms with van der Waals surface area (Å²) in [4.78, 5) is 11.9. The third-order valence-electron chi connectivity index (χ3n) is 2.76. The van der Waals surface area contributed by atoms with Gasteiger partial charge in [0.05, 0.1) is 24.1 Å². The Bertz CT molecular complexity index is 657. The molecule has 0 aliphatic heterocycles. The third kappa shape index (κ3) is 4.46. The van der Waals surface area contributed by atoms with Gasteiger partial charge in [0.15, 0.2) is 0 Å². The Morgan fingerprint density at radius 2 is 2.09 bits per heavy atom. The van der Waals surface area contributed by atoms with Crippen molar-refractivity contribution >= 4 is 11.6 Å². The highest BCUT2D eigenvalue weighted by Gasteiger charge is 2.31. The van der Waals surface area contributed by atoms with Gasteiger partial charge in [0, 0.05) is 13.2 Å². The molecule has 1 amide bonds. The predicted octanol–water partition coefficient (Wildman–Crippen LogP) is 2.97. The van der Waals surface area contributed by atoms with Crippen LogP contribution < -0.4 is 10.1 Å². The molecule has 0 radical (unpaired) electrons. The summed E-state index contributed by atoms with van der Waals surface area (Å²) in [6.07, 6.45) is -3.30. The van der Waals surface area contributed by atoms with Crippen LogP contribution in [0.5, 0.6) is 5.75 Å². The zero-order chi connectivity index (χ0) is 16.9. The molecule has 0 spiro atoms. The first kappa shape index (κ1) is 16.8. The molecule has 0 atom stereocenters. The molecule has 1 heterocycles. The summed E-state index contributed by atoms with van der Waals surface area (Å²) in [5.74, 6) is -0.786. The Hall–Kier alpha value is -2.55. The van der Waals surface area contributed by atoms with Crippen LogP contribution in [0.15, 0.2) is 35.0 Å². The number of anilines is 1. The normalized spacial score (nSPS) is 11.3. The minimum Gasteiger partial charge on any atom is -0.489 e. The fourth-order valence-electron chi connectivity index (χ4n) is 1.68. The smallest absolute Gasteiger partial charge is 0.416 e. The maximum Gasteiger partial charge on any atom is 0.416 e. The first-order valence-corrected chi connectivity index (χ1v) is 6.47. The number of ether oxygens (including phenoxy) is 2. The lowest BCUT2D eigenvalue weighted by Gasteiger charge is -2.14. The molecule has 0 fully saturated rings. The van der Waals surface area contributed by atoms with Crippen LogP contribution in [0.25, 0.3) is 0 Å². The summed E-state index contributed by atoms with van der Waals surface area (Å²) >= 11 is 0. The van der Waals surface area contributed by atoms with Crippen LogP contribution in [-0.2, 0) is 10.9 Å². The molecular formula is C14H13F3N2O4. The van der Waals surface area contributed by atoms with Crippen molar-refractivity contribution in [2.75, 3.05) is 25.6 Å². The predicted molar refractivity (Wildman–Crippen MR) is 73.3 cm³/mol. The Morgan fingerprint density at radius 1 is 1.30 bits per heavy atom. The van der Waals surface area contributed by atoms with Crippen LogP contribution >= 0.6 is 0 Å². The molecule has 0 saturated carbocycles. The van der Waals surface area contributed by atoms with Crippen molar-refractivity contribution < 1.29 is 32.0 Å². The average Bonchev–Trinajstić information content (AvgIpc) is 3.02. The van der Waals surface area contributed by atoms with Crippen LogP contribution in [0.1, 0.15) is 16.1 Å². The lowest BCUT2D eigenvalue weighted by atomic mass is 10.1. The molecule has 0 unspecified atom stereocenters. The van der Waals surface area contributed by atoms with Gasteiger partial charge in [-0.05, 0) is 18.2 Å². The van der Waals surface area contributed by atoms with E-state index in [0.717, 1.165) is 18.2 Å². The molecule has 1 N–H and O–H groups in total. The van der Waals surface area contributed by atoms with E-state index in [1.807, 2.05) is 0 Å². The molecule has 9 heteroatoms. The Labute approximate surface area is 129 Å². The molecule has 2 aromatic rings. The van der Waals surface area contributed by atoms with E-state index in [0.29, 0.717) is 0 Å². The van der Waals surface area contributed by atoms with E-state index in [-0.39, 0.29) is 30.4 Å². The highest BCUT2D eigenvalue weighted by molar-refractivity contribution is 6.03. The largest absolute Gasteiger partial charge is 0.489 e. The Kier molecular flexibility index (Phi) is 5.22. The number of amides is 1. The second-order valence-electron chi connectivity index (χ2n) is 4.38. The summed E-state index contributed by atoms with van der Waals surface area (Å²) in [5, 5.41) is 5.68. The first-order valence-electron chi connectivity index (χ1n) is 6.47. The second kappa shape index (κ2) is 7.14. The van der Waals surface area contributed by atoms with Crippen LogP contribution in [0.4, 0.5) is 18.9 Å². The average molecular weight is 330 g/mol. The molecule has 1 aromatic heterocycles. The highest BCUT2D eigenvalue weighted by Crippen LogP contribution is 2.35. The summed E-state index contributed by atoms with van der Waals surface area (Å²) in [6, 6.07) is 4.07. The number of hydrogen-bond donors (Lipinski definition) is 1. The van der Waals surface area contributed by atoms with Gasteiger partial charge in [-0.1, -0.05) is 5.16 Å². The van der Waals surface area contributed by atoms with Crippen LogP contribution in [0.3, 0.4) is 0 Å². The maximum atomic E-state index is 12.8. The van der Waals surface area contributed by atoms with Gasteiger partial charge >= 0.3 is 6.18 Å². The van der Waals surface area contributed by atoms with E-state index in [4.69, 9.17) is 9.47 Å². The second-order valence-corrected chi connectivity index (χ2v) is 4.38. The van der Waals surface area contributed by atoms with Crippen molar-refractivity contribution in [1.82, 2.24) is 5.16 Å². The van der Waals surface area contributed by atoms with E-state index in [2.05, 4.69) is 15.0 Å². The molecular weight excluding hydrogens is 317 g/mol. The highest BCUT2D eigenvalue weighted by atomic mass is 19.4. The molecule has 1 aromatic carbocycles. The number of carbonyl (C=O) groups excluding carboxylic acids is 1. The van der Waals surface area contributed by atoms with E-state index in [1.54, 1.807) is 0 Å². The topological polar surface area (TPSA) is 73.6 Å². The molecule has 124 valence electrons. The van der Waals surface area contributed by atoms with E-state index in [9.17, 15) is 18.0 Å². The Balaban J connectivity index is 2.26. The number of rotatable bonds is 6. The zero-order valence-electron chi connectivity index (χ0n) is 12.0. The fourth-order valence-corrected chi connectivity index (χ4v) is 1.68. The lowest BCUT2D eigenvalue weighted by molar-refractivity contribution is -0.137. The van der Waals surface area contributed by atoms with Gasteiger partial charge in [-0.3, -0.25) is 4.79 Å². The van der Waals surface area contributed by atoms with Gasteiger partial charge in [-0.15, -0.1) is 0 Å². The van der Waals surface area contributed by atoms with Gasteiger partial charge in [0.1, 0.15) is 12.4 Å². The van der Waals surface area contributed by atoms with Crippen molar-refractivity contribution in [3.8, 4) is 5.75 Å². The standard InChI is InChI=1S/C14H13F3N2O4/c1-21-6-7-22-11-3-2-9(14(15,16)17)8-10(11)19-13(20)12-4-5-18-23-12/h2-5,8H,6-7H2,1H3,(H,19,20). The quantitative estimate of drug-likeness (QED) is 0.824. The maximum absolute atomic E-state index is 12.8. The number of methoxy groups -OCH3 is 1. The number of halogens is 3. The number of carbonyl (C=O) groups is 1. The van der Waals surface area contributed by atoms with E-state index < -0.39 is 17.6 Å².